The van der Waals surface area contributed by atoms with Crippen molar-refractivity contribution in [2.75, 3.05) is 56.9 Å². The molecule has 0 unspecified atom stereocenters. The summed E-state index contributed by atoms with van der Waals surface area (Å²) in [5, 5.41) is 7.61. The third-order valence-electron chi connectivity index (χ3n) is 6.53. The van der Waals surface area contributed by atoms with Crippen LogP contribution in [0.5, 0.6) is 11.6 Å². The monoisotopic (exact) mass is 505 g/mol. The van der Waals surface area contributed by atoms with Gasteiger partial charge in [-0.25, -0.2) is 9.97 Å². The fourth-order valence-corrected chi connectivity index (χ4v) is 4.40. The van der Waals surface area contributed by atoms with Gasteiger partial charge in [0.1, 0.15) is 5.75 Å². The van der Waals surface area contributed by atoms with E-state index in [0.717, 1.165) is 73.3 Å². The maximum Gasteiger partial charge on any atom is 0.219 e. The largest absolute Gasteiger partial charge is 0.439 e. The molecule has 5 rings (SSSR count). The molecule has 36 heavy (non-hydrogen) atoms. The predicted octanol–water partition coefficient (Wildman–Crippen LogP) is 4.69. The quantitative estimate of drug-likeness (QED) is 0.342. The second-order valence-corrected chi connectivity index (χ2v) is 9.62. The van der Waals surface area contributed by atoms with Crippen molar-refractivity contribution in [3.05, 3.63) is 71.4 Å². The second kappa shape index (κ2) is 11.2. The minimum absolute atomic E-state index is 0.512. The Labute approximate surface area is 216 Å². The molecule has 0 aliphatic carbocycles. The Morgan fingerprint density at radius 2 is 1.75 bits per heavy atom. The van der Waals surface area contributed by atoms with Gasteiger partial charge in [-0.05, 0) is 49.0 Å². The van der Waals surface area contributed by atoms with Gasteiger partial charge in [0.05, 0.1) is 16.1 Å². The summed E-state index contributed by atoms with van der Waals surface area (Å²) in [7, 11) is 4.23. The molecule has 0 atom stereocenters. The molecule has 3 heterocycles. The van der Waals surface area contributed by atoms with Crippen LogP contribution in [0, 0.1) is 0 Å². The van der Waals surface area contributed by atoms with Crippen LogP contribution in [-0.2, 0) is 13.6 Å². The highest BCUT2D eigenvalue weighted by Crippen LogP contribution is 2.24. The van der Waals surface area contributed by atoms with E-state index in [9.17, 15) is 0 Å². The van der Waals surface area contributed by atoms with Crippen LogP contribution in [0.1, 0.15) is 5.56 Å². The zero-order chi connectivity index (χ0) is 24.9. The molecule has 2 aromatic heterocycles. The summed E-state index contributed by atoms with van der Waals surface area (Å²) in [6.45, 7) is 7.24. The molecule has 0 spiro atoms. The highest BCUT2D eigenvalue weighted by molar-refractivity contribution is 6.30. The standard InChI is InChI=1S/C27H32ClN7O/c1-33-13-15-35(16-14-33)12-11-29-22-6-9-24-25(17-22)34(2)27(32-24)31-18-20-3-7-23(8-4-20)36-26-10-5-21(28)19-30-26/h3-10,17,19,29H,11-16,18H2,1-2H3,(H,31,32). The number of benzene rings is 2. The van der Waals surface area contributed by atoms with Crippen molar-refractivity contribution < 1.29 is 4.74 Å². The Balaban J connectivity index is 1.15. The van der Waals surface area contributed by atoms with Gasteiger partial charge in [0, 0.05) is 70.8 Å². The smallest absolute Gasteiger partial charge is 0.219 e. The molecule has 9 heteroatoms. The Bertz CT molecular complexity index is 1280. The van der Waals surface area contributed by atoms with E-state index in [1.54, 1.807) is 18.3 Å². The first-order valence-corrected chi connectivity index (χ1v) is 12.6. The van der Waals surface area contributed by atoms with Gasteiger partial charge in [0.2, 0.25) is 11.8 Å². The predicted molar refractivity (Wildman–Crippen MR) is 146 cm³/mol. The molecule has 0 saturated carbocycles. The van der Waals surface area contributed by atoms with Gasteiger partial charge in [-0.1, -0.05) is 23.7 Å². The average molecular weight is 506 g/mol. The van der Waals surface area contributed by atoms with E-state index in [1.807, 2.05) is 31.3 Å². The van der Waals surface area contributed by atoms with Crippen LogP contribution in [0.2, 0.25) is 5.02 Å². The van der Waals surface area contributed by atoms with E-state index >= 15 is 0 Å². The van der Waals surface area contributed by atoms with Crippen molar-refractivity contribution in [1.82, 2.24) is 24.3 Å². The minimum atomic E-state index is 0.512. The molecule has 1 aliphatic heterocycles. The zero-order valence-electron chi connectivity index (χ0n) is 20.7. The number of ether oxygens (including phenoxy) is 1. The van der Waals surface area contributed by atoms with Crippen molar-refractivity contribution in [1.29, 1.82) is 0 Å². The third-order valence-corrected chi connectivity index (χ3v) is 6.75. The fraction of sp³-hybridized carbons (Fsp3) is 0.333. The van der Waals surface area contributed by atoms with Crippen LogP contribution in [0.3, 0.4) is 0 Å². The fourth-order valence-electron chi connectivity index (χ4n) is 4.29. The molecule has 188 valence electrons. The summed E-state index contributed by atoms with van der Waals surface area (Å²) in [5.74, 6) is 2.08. The number of nitrogens with one attached hydrogen (secondary N) is 2. The molecule has 1 saturated heterocycles. The van der Waals surface area contributed by atoms with Crippen LogP contribution in [0.25, 0.3) is 11.0 Å². The first kappa shape index (κ1) is 24.4. The lowest BCUT2D eigenvalue weighted by atomic mass is 10.2. The van der Waals surface area contributed by atoms with Crippen molar-refractivity contribution in [3.63, 3.8) is 0 Å². The minimum Gasteiger partial charge on any atom is -0.439 e. The van der Waals surface area contributed by atoms with Gasteiger partial charge in [0.25, 0.3) is 0 Å². The summed E-state index contributed by atoms with van der Waals surface area (Å²) in [4.78, 5) is 13.8. The summed E-state index contributed by atoms with van der Waals surface area (Å²) >= 11 is 5.88. The van der Waals surface area contributed by atoms with Gasteiger partial charge in [-0.15, -0.1) is 0 Å². The highest BCUT2D eigenvalue weighted by Gasteiger charge is 2.13. The number of aryl methyl sites for hydroxylation is 1. The van der Waals surface area contributed by atoms with E-state index in [0.29, 0.717) is 17.4 Å². The summed E-state index contributed by atoms with van der Waals surface area (Å²) in [5.41, 5.74) is 4.33. The Kier molecular flexibility index (Phi) is 7.55. The number of hydrogen-bond acceptors (Lipinski definition) is 7. The van der Waals surface area contributed by atoms with E-state index < -0.39 is 0 Å². The van der Waals surface area contributed by atoms with Crippen molar-refractivity contribution in [2.24, 2.45) is 7.05 Å². The van der Waals surface area contributed by atoms with Crippen LogP contribution in [0.15, 0.2) is 60.8 Å². The van der Waals surface area contributed by atoms with Crippen LogP contribution < -0.4 is 15.4 Å². The van der Waals surface area contributed by atoms with E-state index in [2.05, 4.69) is 55.2 Å². The number of rotatable bonds is 9. The molecule has 0 bridgehead atoms. The Hall–Kier alpha value is -3.33. The number of pyridine rings is 1. The number of fused-ring (bicyclic) bond motifs is 1. The van der Waals surface area contributed by atoms with E-state index in [-0.39, 0.29) is 0 Å². The zero-order valence-corrected chi connectivity index (χ0v) is 21.5. The molecular formula is C27H32ClN7O. The molecule has 1 fully saturated rings. The number of nitrogens with zero attached hydrogens (tertiary/aromatic N) is 5. The van der Waals surface area contributed by atoms with Gasteiger partial charge in [0.15, 0.2) is 0 Å². The van der Waals surface area contributed by atoms with Crippen LogP contribution in [-0.4, -0.2) is 70.7 Å². The summed E-state index contributed by atoms with van der Waals surface area (Å²) in [6, 6.07) is 17.8. The normalized spacial score (nSPS) is 14.8. The number of anilines is 2. The van der Waals surface area contributed by atoms with E-state index in [4.69, 9.17) is 21.3 Å². The molecule has 0 amide bonds. The topological polar surface area (TPSA) is 70.5 Å². The average Bonchev–Trinajstić information content (AvgIpc) is 3.21. The molecule has 1 aliphatic rings. The first-order chi connectivity index (χ1) is 17.5. The lowest BCUT2D eigenvalue weighted by Gasteiger charge is -2.32. The maximum absolute atomic E-state index is 5.88. The molecule has 4 aromatic rings. The Morgan fingerprint density at radius 3 is 2.50 bits per heavy atom. The molecule has 2 aromatic carbocycles. The lowest BCUT2D eigenvalue weighted by Crippen LogP contribution is -2.45. The van der Waals surface area contributed by atoms with Crippen molar-refractivity contribution in [3.8, 4) is 11.6 Å². The van der Waals surface area contributed by atoms with Gasteiger partial charge in [-0.2, -0.15) is 0 Å². The number of aromatic nitrogens is 3. The van der Waals surface area contributed by atoms with E-state index in [1.165, 1.54) is 0 Å². The SMILES string of the molecule is CN1CCN(CCNc2ccc3nc(NCc4ccc(Oc5ccc(Cl)cn5)cc4)n(C)c3c2)CC1. The van der Waals surface area contributed by atoms with Crippen molar-refractivity contribution >= 4 is 34.3 Å². The van der Waals surface area contributed by atoms with Gasteiger partial charge >= 0.3 is 0 Å². The number of imidazole rings is 1. The molecular weight excluding hydrogens is 474 g/mol. The Morgan fingerprint density at radius 1 is 0.944 bits per heavy atom. The first-order valence-electron chi connectivity index (χ1n) is 12.3. The third kappa shape index (κ3) is 6.07. The molecule has 8 nitrogen and oxygen atoms in total. The number of likely N-dealkylation sites (N-methyl/N-ethyl adjacent to an activating group) is 1. The van der Waals surface area contributed by atoms with Gasteiger partial charge < -0.3 is 24.8 Å². The summed E-state index contributed by atoms with van der Waals surface area (Å²) < 4.78 is 7.87. The second-order valence-electron chi connectivity index (χ2n) is 9.18. The number of piperazine rings is 1. The summed E-state index contributed by atoms with van der Waals surface area (Å²) in [6.07, 6.45) is 1.57. The van der Waals surface area contributed by atoms with Crippen LogP contribution >= 0.6 is 11.6 Å². The number of hydrogen-bond donors (Lipinski definition) is 2. The maximum atomic E-state index is 5.88. The highest BCUT2D eigenvalue weighted by atomic mass is 35.5. The van der Waals surface area contributed by atoms with Gasteiger partial charge in [-0.3, -0.25) is 4.90 Å². The van der Waals surface area contributed by atoms with Crippen molar-refractivity contribution in [2.45, 2.75) is 6.54 Å². The number of halogens is 1. The molecule has 2 N–H and O–H groups in total. The molecule has 0 radical (unpaired) electrons. The van der Waals surface area contributed by atoms with Crippen LogP contribution in [0.4, 0.5) is 11.6 Å². The lowest BCUT2D eigenvalue weighted by molar-refractivity contribution is 0.158.